The molecule has 0 bridgehead atoms. The molecular weight excluding hydrogens is 168 g/mol. The molecule has 64 valence electrons. The minimum atomic E-state index is 1.02. The van der Waals surface area contributed by atoms with Gasteiger partial charge in [-0.2, -0.15) is 0 Å². The molecular formula is C14H8. The first-order chi connectivity index (χ1) is 6.95. The normalized spacial score (nSPS) is 10.6. The third kappa shape index (κ3) is 2.33. The summed E-state index contributed by atoms with van der Waals surface area (Å²) in [6.45, 7) is 0. The summed E-state index contributed by atoms with van der Waals surface area (Å²) in [7, 11) is 0. The monoisotopic (exact) mass is 176 g/mol. The van der Waals surface area contributed by atoms with Crippen molar-refractivity contribution in [3.63, 3.8) is 0 Å². The summed E-state index contributed by atoms with van der Waals surface area (Å²) in [6, 6.07) is 23.3. The van der Waals surface area contributed by atoms with Crippen molar-refractivity contribution in [2.75, 3.05) is 0 Å². The molecule has 4 radical (unpaired) electrons. The van der Waals surface area contributed by atoms with Gasteiger partial charge >= 0.3 is 0 Å². The summed E-state index contributed by atoms with van der Waals surface area (Å²) in [5.74, 6) is 0. The van der Waals surface area contributed by atoms with E-state index in [4.69, 9.17) is 0 Å². The van der Waals surface area contributed by atoms with E-state index in [1.54, 1.807) is 0 Å². The van der Waals surface area contributed by atoms with E-state index in [2.05, 4.69) is 24.3 Å². The van der Waals surface area contributed by atoms with Crippen molar-refractivity contribution in [2.45, 2.75) is 0 Å². The van der Waals surface area contributed by atoms with Crippen molar-refractivity contribution >= 4 is 12.2 Å². The van der Waals surface area contributed by atoms with Gasteiger partial charge in [-0.1, -0.05) is 36.4 Å². The Balaban J connectivity index is 2.16. The topological polar surface area (TPSA) is 0 Å². The molecule has 0 aromatic heterocycles. The van der Waals surface area contributed by atoms with E-state index < -0.39 is 0 Å². The maximum absolute atomic E-state index is 3.10. The quantitative estimate of drug-likeness (QED) is 0.617. The number of hydrogen-bond donors (Lipinski definition) is 0. The maximum Gasteiger partial charge on any atom is -0.0105 e. The Morgan fingerprint density at radius 1 is 0.714 bits per heavy atom. The van der Waals surface area contributed by atoms with Crippen LogP contribution in [0.25, 0.3) is 12.2 Å². The lowest BCUT2D eigenvalue weighted by Gasteiger charge is -1.91. The molecule has 0 heterocycles. The summed E-state index contributed by atoms with van der Waals surface area (Å²) in [6.07, 6.45) is 3.96. The van der Waals surface area contributed by atoms with Crippen LogP contribution in [0.15, 0.2) is 36.4 Å². The van der Waals surface area contributed by atoms with Crippen molar-refractivity contribution in [3.05, 3.63) is 71.8 Å². The van der Waals surface area contributed by atoms with E-state index >= 15 is 0 Å². The molecule has 2 aromatic rings. The second-order valence-electron chi connectivity index (χ2n) is 2.82. The Kier molecular flexibility index (Phi) is 2.77. The molecule has 0 unspecified atom stereocenters. The van der Waals surface area contributed by atoms with Crippen molar-refractivity contribution in [1.29, 1.82) is 0 Å². The highest BCUT2D eigenvalue weighted by molar-refractivity contribution is 5.68. The second kappa shape index (κ2) is 4.43. The van der Waals surface area contributed by atoms with E-state index in [1.165, 1.54) is 0 Å². The number of benzene rings is 2. The van der Waals surface area contributed by atoms with E-state index in [0.29, 0.717) is 0 Å². The molecule has 0 saturated heterocycles. The molecule has 0 N–H and O–H groups in total. The molecule has 0 heteroatoms. The number of rotatable bonds is 2. The van der Waals surface area contributed by atoms with Crippen molar-refractivity contribution in [3.8, 4) is 0 Å². The molecule has 0 atom stereocenters. The summed E-state index contributed by atoms with van der Waals surface area (Å²) >= 11 is 0. The average Bonchev–Trinajstić information content (AvgIpc) is 2.29. The van der Waals surface area contributed by atoms with Gasteiger partial charge in [-0.05, 0) is 47.5 Å². The lowest BCUT2D eigenvalue weighted by Crippen LogP contribution is -1.72. The Morgan fingerprint density at radius 2 is 1.21 bits per heavy atom. The smallest absolute Gasteiger partial charge is 0.0105 e. The van der Waals surface area contributed by atoms with E-state index in [0.717, 1.165) is 11.1 Å². The third-order valence-electron chi connectivity index (χ3n) is 1.78. The van der Waals surface area contributed by atoms with Gasteiger partial charge in [0.25, 0.3) is 0 Å². The first kappa shape index (κ1) is 8.76. The first-order valence-corrected chi connectivity index (χ1v) is 4.39. The van der Waals surface area contributed by atoms with Crippen LogP contribution in [0.3, 0.4) is 0 Å². The summed E-state index contributed by atoms with van der Waals surface area (Å²) in [4.78, 5) is 0. The minimum absolute atomic E-state index is 1.02. The van der Waals surface area contributed by atoms with Gasteiger partial charge in [-0.3, -0.25) is 0 Å². The van der Waals surface area contributed by atoms with Gasteiger partial charge in [0.1, 0.15) is 0 Å². The van der Waals surface area contributed by atoms with Crippen LogP contribution in [0.2, 0.25) is 0 Å². The van der Waals surface area contributed by atoms with Crippen LogP contribution < -0.4 is 0 Å². The Morgan fingerprint density at radius 3 is 1.57 bits per heavy atom. The molecule has 0 aliphatic carbocycles. The van der Waals surface area contributed by atoms with Crippen LogP contribution in [-0.2, 0) is 0 Å². The third-order valence-corrected chi connectivity index (χ3v) is 1.78. The van der Waals surface area contributed by atoms with Gasteiger partial charge in [0.05, 0.1) is 0 Å². The van der Waals surface area contributed by atoms with Crippen molar-refractivity contribution in [2.24, 2.45) is 0 Å². The molecule has 0 amide bonds. The molecule has 0 nitrogen and oxygen atoms in total. The molecule has 0 saturated carbocycles. The maximum atomic E-state index is 3.10. The molecule has 14 heavy (non-hydrogen) atoms. The van der Waals surface area contributed by atoms with Crippen LogP contribution >= 0.6 is 0 Å². The van der Waals surface area contributed by atoms with E-state index in [1.807, 2.05) is 48.6 Å². The highest BCUT2D eigenvalue weighted by Crippen LogP contribution is 2.05. The molecule has 2 rings (SSSR count). The van der Waals surface area contributed by atoms with Crippen LogP contribution in [0, 0.1) is 24.3 Å². The lowest BCUT2D eigenvalue weighted by atomic mass is 10.1. The summed E-state index contributed by atoms with van der Waals surface area (Å²) in [5, 5.41) is 0. The van der Waals surface area contributed by atoms with Crippen LogP contribution in [-0.4, -0.2) is 0 Å². The molecule has 0 aliphatic rings. The fraction of sp³-hybridized carbons (Fsp3) is 0. The van der Waals surface area contributed by atoms with Gasteiger partial charge in [-0.15, -0.1) is 0 Å². The van der Waals surface area contributed by atoms with Gasteiger partial charge in [0.2, 0.25) is 0 Å². The zero-order valence-corrected chi connectivity index (χ0v) is 7.62. The van der Waals surface area contributed by atoms with Crippen LogP contribution in [0.1, 0.15) is 11.1 Å². The van der Waals surface area contributed by atoms with Gasteiger partial charge in [0, 0.05) is 0 Å². The fourth-order valence-electron chi connectivity index (χ4n) is 1.10. The average molecular weight is 176 g/mol. The Hall–Kier alpha value is -1.82. The standard InChI is InChI=1S/C14H8/c1-3-7-13(8-4-1)11-12-14-9-5-2-6-10-14/h1-3,5,8,10-12H/b12-11+. The molecule has 2 aromatic carbocycles. The van der Waals surface area contributed by atoms with Gasteiger partial charge in [-0.25, -0.2) is 0 Å². The van der Waals surface area contributed by atoms with Crippen molar-refractivity contribution < 1.29 is 0 Å². The highest BCUT2D eigenvalue weighted by atomic mass is 13.9. The van der Waals surface area contributed by atoms with E-state index in [9.17, 15) is 0 Å². The van der Waals surface area contributed by atoms with Crippen LogP contribution in [0.4, 0.5) is 0 Å². The lowest BCUT2D eigenvalue weighted by molar-refractivity contribution is 1.61. The van der Waals surface area contributed by atoms with Crippen LogP contribution in [0.5, 0.6) is 0 Å². The summed E-state index contributed by atoms with van der Waals surface area (Å²) < 4.78 is 0. The molecule has 0 fully saturated rings. The zero-order chi connectivity index (χ0) is 9.64. The second-order valence-corrected chi connectivity index (χ2v) is 2.82. The Labute approximate surface area is 84.5 Å². The predicted molar refractivity (Wildman–Crippen MR) is 57.2 cm³/mol. The first-order valence-electron chi connectivity index (χ1n) is 4.39. The minimum Gasteiger partial charge on any atom is -0.0537 e. The van der Waals surface area contributed by atoms with Gasteiger partial charge < -0.3 is 0 Å². The largest absolute Gasteiger partial charge is 0.0537 e. The Bertz CT molecular complexity index is 357. The fourth-order valence-corrected chi connectivity index (χ4v) is 1.10. The van der Waals surface area contributed by atoms with Crippen molar-refractivity contribution in [1.82, 2.24) is 0 Å². The van der Waals surface area contributed by atoms with Gasteiger partial charge in [0.15, 0.2) is 0 Å². The molecule has 0 spiro atoms. The van der Waals surface area contributed by atoms with E-state index in [-0.39, 0.29) is 0 Å². The highest BCUT2D eigenvalue weighted by Gasteiger charge is 1.85. The predicted octanol–water partition coefficient (Wildman–Crippen LogP) is 3.06. The molecule has 0 aliphatic heterocycles. The zero-order valence-electron chi connectivity index (χ0n) is 7.62. The SMILES string of the molecule is [c]1cc[c]c(/C=C/c2[c]cc[c]c2)c1. The number of hydrogen-bond acceptors (Lipinski definition) is 0. The summed E-state index contributed by atoms with van der Waals surface area (Å²) in [5.41, 5.74) is 2.04.